The van der Waals surface area contributed by atoms with Gasteiger partial charge < -0.3 is 14.8 Å². The van der Waals surface area contributed by atoms with Crippen LogP contribution in [0.2, 0.25) is 5.02 Å². The molecule has 0 heterocycles. The van der Waals surface area contributed by atoms with E-state index in [-0.39, 0.29) is 0 Å². The number of hydrogen-bond donors (Lipinski definition) is 1. The topological polar surface area (TPSA) is 64.6 Å². The second-order valence-electron chi connectivity index (χ2n) is 5.12. The Labute approximate surface area is 123 Å². The number of amides is 1. The highest BCUT2D eigenvalue weighted by molar-refractivity contribution is 6.31. The van der Waals surface area contributed by atoms with Gasteiger partial charge in [-0.05, 0) is 26.8 Å². The fourth-order valence-electron chi connectivity index (χ4n) is 1.52. The van der Waals surface area contributed by atoms with Gasteiger partial charge in [0.15, 0.2) is 6.04 Å². The number of rotatable bonds is 3. The molecule has 6 heteroatoms. The number of alkyl carbamates (subject to hydrolysis) is 1. The molecule has 20 heavy (non-hydrogen) atoms. The van der Waals surface area contributed by atoms with Crippen molar-refractivity contribution in [1.29, 1.82) is 0 Å². The van der Waals surface area contributed by atoms with Crippen LogP contribution in [0.5, 0.6) is 0 Å². The number of carbonyl (C=O) groups excluding carboxylic acids is 2. The number of carbonyl (C=O) groups is 2. The highest BCUT2D eigenvalue weighted by Gasteiger charge is 2.27. The molecule has 5 nitrogen and oxygen atoms in total. The first-order chi connectivity index (χ1) is 9.24. The van der Waals surface area contributed by atoms with Crippen LogP contribution >= 0.6 is 11.6 Å². The number of esters is 1. The Morgan fingerprint density at radius 1 is 1.25 bits per heavy atom. The number of ether oxygens (including phenoxy) is 2. The molecule has 0 aliphatic rings. The van der Waals surface area contributed by atoms with Gasteiger partial charge >= 0.3 is 12.1 Å². The maximum atomic E-state index is 11.8. The minimum atomic E-state index is -1.01. The molecule has 0 unspecified atom stereocenters. The Morgan fingerprint density at radius 2 is 1.85 bits per heavy atom. The summed E-state index contributed by atoms with van der Waals surface area (Å²) in [6.07, 6.45) is -0.715. The highest BCUT2D eigenvalue weighted by Crippen LogP contribution is 2.24. The molecular weight excluding hydrogens is 282 g/mol. The van der Waals surface area contributed by atoms with Crippen molar-refractivity contribution in [2.24, 2.45) is 0 Å². The lowest BCUT2D eigenvalue weighted by atomic mass is 10.1. The average molecular weight is 300 g/mol. The zero-order valence-corrected chi connectivity index (χ0v) is 12.7. The lowest BCUT2D eigenvalue weighted by Crippen LogP contribution is -2.38. The largest absolute Gasteiger partial charge is 0.467 e. The van der Waals surface area contributed by atoms with Crippen LogP contribution < -0.4 is 5.32 Å². The number of hydrogen-bond acceptors (Lipinski definition) is 4. The molecule has 1 aromatic carbocycles. The number of halogens is 1. The monoisotopic (exact) mass is 299 g/mol. The molecule has 0 aliphatic carbocycles. The van der Waals surface area contributed by atoms with Gasteiger partial charge in [-0.1, -0.05) is 29.8 Å². The summed E-state index contributed by atoms with van der Waals surface area (Å²) in [5, 5.41) is 2.82. The predicted molar refractivity (Wildman–Crippen MR) is 75.6 cm³/mol. The Kier molecular flexibility index (Phi) is 5.39. The van der Waals surface area contributed by atoms with E-state index in [2.05, 4.69) is 10.1 Å². The maximum Gasteiger partial charge on any atom is 0.408 e. The normalized spacial score (nSPS) is 12.4. The number of methoxy groups -OCH3 is 1. The van der Waals surface area contributed by atoms with Crippen molar-refractivity contribution in [3.05, 3.63) is 34.9 Å². The molecule has 1 rings (SSSR count). The standard InChI is InChI=1S/C14H18ClNO4/c1-14(2,3)20-13(18)16-11(12(17)19-4)9-7-5-6-8-10(9)15/h5-8,11H,1-4H3,(H,16,18)/t11-/m1/s1. The van der Waals surface area contributed by atoms with E-state index in [1.807, 2.05) is 0 Å². The molecule has 1 amide bonds. The van der Waals surface area contributed by atoms with Crippen molar-refractivity contribution in [1.82, 2.24) is 5.32 Å². The summed E-state index contributed by atoms with van der Waals surface area (Å²) in [6.45, 7) is 5.19. The summed E-state index contributed by atoms with van der Waals surface area (Å²) in [6, 6.07) is 5.70. The van der Waals surface area contributed by atoms with Crippen molar-refractivity contribution in [3.8, 4) is 0 Å². The summed E-state index contributed by atoms with van der Waals surface area (Å²) in [5.74, 6) is -0.621. The average Bonchev–Trinajstić information content (AvgIpc) is 2.34. The zero-order chi connectivity index (χ0) is 15.3. The first-order valence-corrected chi connectivity index (χ1v) is 6.44. The van der Waals surface area contributed by atoms with Gasteiger partial charge in [0.1, 0.15) is 5.60 Å². The molecule has 110 valence electrons. The van der Waals surface area contributed by atoms with Crippen molar-refractivity contribution < 1.29 is 19.1 Å². The van der Waals surface area contributed by atoms with Gasteiger partial charge in [0, 0.05) is 10.6 Å². The summed E-state index contributed by atoms with van der Waals surface area (Å²) in [7, 11) is 1.24. The van der Waals surface area contributed by atoms with Crippen LogP contribution in [0.4, 0.5) is 4.79 Å². The van der Waals surface area contributed by atoms with Crippen LogP contribution in [0, 0.1) is 0 Å². The number of benzene rings is 1. The van der Waals surface area contributed by atoms with E-state index >= 15 is 0 Å². The molecule has 0 saturated carbocycles. The molecule has 0 bridgehead atoms. The fourth-order valence-corrected chi connectivity index (χ4v) is 1.76. The van der Waals surface area contributed by atoms with E-state index < -0.39 is 23.7 Å². The van der Waals surface area contributed by atoms with Gasteiger partial charge in [-0.25, -0.2) is 9.59 Å². The summed E-state index contributed by atoms with van der Waals surface area (Å²) >= 11 is 6.04. The smallest absolute Gasteiger partial charge is 0.408 e. The zero-order valence-electron chi connectivity index (χ0n) is 11.9. The van der Waals surface area contributed by atoms with Crippen molar-refractivity contribution in [3.63, 3.8) is 0 Å². The molecular formula is C14H18ClNO4. The lowest BCUT2D eigenvalue weighted by Gasteiger charge is -2.23. The van der Waals surface area contributed by atoms with Crippen LogP contribution in [-0.2, 0) is 14.3 Å². The minimum absolute atomic E-state index is 0.360. The van der Waals surface area contributed by atoms with Gasteiger partial charge in [0.2, 0.25) is 0 Å². The summed E-state index contributed by atoms with van der Waals surface area (Å²) in [5.41, 5.74) is -0.211. The van der Waals surface area contributed by atoms with Crippen molar-refractivity contribution in [2.45, 2.75) is 32.4 Å². The van der Waals surface area contributed by atoms with Gasteiger partial charge in [-0.2, -0.15) is 0 Å². The van der Waals surface area contributed by atoms with E-state index in [1.54, 1.807) is 45.0 Å². The first-order valence-electron chi connectivity index (χ1n) is 6.06. The van der Waals surface area contributed by atoms with Crippen LogP contribution in [0.25, 0.3) is 0 Å². The van der Waals surface area contributed by atoms with Crippen LogP contribution in [-0.4, -0.2) is 24.8 Å². The third kappa shape index (κ3) is 4.74. The molecule has 0 spiro atoms. The lowest BCUT2D eigenvalue weighted by molar-refractivity contribution is -0.143. The third-order valence-corrected chi connectivity index (χ3v) is 2.66. The Hall–Kier alpha value is -1.75. The van der Waals surface area contributed by atoms with Crippen molar-refractivity contribution >= 4 is 23.7 Å². The molecule has 1 aromatic rings. The summed E-state index contributed by atoms with van der Waals surface area (Å²) in [4.78, 5) is 23.6. The Morgan fingerprint density at radius 3 is 2.35 bits per heavy atom. The Bertz CT molecular complexity index is 496. The molecule has 1 N–H and O–H groups in total. The molecule has 1 atom stereocenters. The minimum Gasteiger partial charge on any atom is -0.467 e. The van der Waals surface area contributed by atoms with E-state index in [0.29, 0.717) is 10.6 Å². The maximum absolute atomic E-state index is 11.8. The molecule has 0 aromatic heterocycles. The SMILES string of the molecule is COC(=O)[C@H](NC(=O)OC(C)(C)C)c1ccccc1Cl. The van der Waals surface area contributed by atoms with E-state index in [1.165, 1.54) is 7.11 Å². The van der Waals surface area contributed by atoms with Crippen LogP contribution in [0.15, 0.2) is 24.3 Å². The fraction of sp³-hybridized carbons (Fsp3) is 0.429. The van der Waals surface area contributed by atoms with Gasteiger partial charge in [0.25, 0.3) is 0 Å². The van der Waals surface area contributed by atoms with Crippen LogP contribution in [0.3, 0.4) is 0 Å². The Balaban J connectivity index is 2.95. The van der Waals surface area contributed by atoms with Gasteiger partial charge in [-0.15, -0.1) is 0 Å². The second-order valence-corrected chi connectivity index (χ2v) is 5.53. The van der Waals surface area contributed by atoms with Crippen LogP contribution in [0.1, 0.15) is 32.4 Å². The highest BCUT2D eigenvalue weighted by atomic mass is 35.5. The molecule has 0 aliphatic heterocycles. The van der Waals surface area contributed by atoms with Gasteiger partial charge in [0.05, 0.1) is 7.11 Å². The molecule has 0 saturated heterocycles. The van der Waals surface area contributed by atoms with E-state index in [4.69, 9.17) is 16.3 Å². The molecule has 0 radical (unpaired) electrons. The van der Waals surface area contributed by atoms with Gasteiger partial charge in [-0.3, -0.25) is 0 Å². The number of nitrogens with one attached hydrogen (secondary N) is 1. The van der Waals surface area contributed by atoms with Crippen molar-refractivity contribution in [2.75, 3.05) is 7.11 Å². The quantitative estimate of drug-likeness (QED) is 0.871. The summed E-state index contributed by atoms with van der Waals surface area (Å²) < 4.78 is 9.81. The second kappa shape index (κ2) is 6.61. The van der Waals surface area contributed by atoms with E-state index in [0.717, 1.165) is 0 Å². The first kappa shape index (κ1) is 16.3. The third-order valence-electron chi connectivity index (χ3n) is 2.31. The molecule has 0 fully saturated rings. The van der Waals surface area contributed by atoms with E-state index in [9.17, 15) is 9.59 Å². The predicted octanol–water partition coefficient (Wildman–Crippen LogP) is 3.08.